The van der Waals surface area contributed by atoms with Crippen LogP contribution in [-0.4, -0.2) is 23.0 Å². The highest BCUT2D eigenvalue weighted by molar-refractivity contribution is 7.13. The summed E-state index contributed by atoms with van der Waals surface area (Å²) in [5, 5.41) is 17.2. The lowest BCUT2D eigenvalue weighted by Crippen LogP contribution is -1.89. The average Bonchev–Trinajstić information content (AvgIpc) is 2.34. The Labute approximate surface area is 78.8 Å². The highest BCUT2D eigenvalue weighted by Gasteiger charge is 2.02. The third-order valence-electron chi connectivity index (χ3n) is 0.951. The first-order valence-electron chi connectivity index (χ1n) is 3.31. The molecule has 0 bridgehead atoms. The van der Waals surface area contributed by atoms with Gasteiger partial charge in [0.25, 0.3) is 0 Å². The molecule has 0 radical (unpaired) electrons. The molecule has 5 nitrogen and oxygen atoms in total. The van der Waals surface area contributed by atoms with E-state index in [0.29, 0.717) is 4.88 Å². The maximum absolute atomic E-state index is 10.2. The molecule has 0 aliphatic rings. The fourth-order valence-corrected chi connectivity index (χ4v) is 1.26. The van der Waals surface area contributed by atoms with Gasteiger partial charge in [-0.3, -0.25) is 10.1 Å². The van der Waals surface area contributed by atoms with E-state index < -0.39 is 10.9 Å². The zero-order valence-corrected chi connectivity index (χ0v) is 8.00. The number of nitro groups is 1. The molecule has 6 heteroatoms. The van der Waals surface area contributed by atoms with Crippen LogP contribution in [0.3, 0.4) is 0 Å². The predicted molar refractivity (Wildman–Crippen MR) is 48.9 cm³/mol. The number of hydrogen-bond acceptors (Lipinski definition) is 4. The number of hydrogen-bond donors (Lipinski definition) is 1. The summed E-state index contributed by atoms with van der Waals surface area (Å²) in [6.07, 6.45) is 0. The van der Waals surface area contributed by atoms with Crippen LogP contribution >= 0.6 is 11.3 Å². The molecule has 0 aliphatic carbocycles. The number of carboxylic acids is 1. The summed E-state index contributed by atoms with van der Waals surface area (Å²) in [5.74, 6) is -0.840. The maximum atomic E-state index is 10.2. The summed E-state index contributed by atoms with van der Waals surface area (Å²) in [5.41, 5.74) is 0. The number of carboxylic acid groups (broad SMARTS) is 1. The maximum Gasteiger partial charge on any atom is 0.345 e. The van der Waals surface area contributed by atoms with E-state index in [0.717, 1.165) is 11.9 Å². The number of thiophene rings is 1. The van der Waals surface area contributed by atoms with Crippen molar-refractivity contribution < 1.29 is 14.8 Å². The molecule has 1 aromatic heterocycles. The molecule has 0 amide bonds. The van der Waals surface area contributed by atoms with E-state index in [1.165, 1.54) is 11.3 Å². The minimum absolute atomic E-state index is 0.410. The third-order valence-corrected chi connectivity index (χ3v) is 1.94. The van der Waals surface area contributed by atoms with E-state index >= 15 is 0 Å². The molecule has 1 rings (SSSR count). The Kier molecular flexibility index (Phi) is 4.68. The summed E-state index contributed by atoms with van der Waals surface area (Å²) in [7, 11) is 0.889. The molecule has 13 heavy (non-hydrogen) atoms. The molecule has 1 N–H and O–H groups in total. The smallest absolute Gasteiger partial charge is 0.345 e. The van der Waals surface area contributed by atoms with Gasteiger partial charge in [0.1, 0.15) is 4.88 Å². The van der Waals surface area contributed by atoms with Crippen LogP contribution < -0.4 is 0 Å². The normalized spacial score (nSPS) is 8.46. The second-order valence-electron chi connectivity index (χ2n) is 2.16. The zero-order valence-electron chi connectivity index (χ0n) is 7.18. The first-order chi connectivity index (χ1) is 5.93. The van der Waals surface area contributed by atoms with Crippen LogP contribution in [0.25, 0.3) is 0 Å². The number of nitrogens with zero attached hydrogens (tertiary/aromatic N) is 1. The van der Waals surface area contributed by atoms with Gasteiger partial charge in [-0.1, -0.05) is 0 Å². The summed E-state index contributed by atoms with van der Waals surface area (Å²) in [6, 6.07) is 3.41. The summed E-state index contributed by atoms with van der Waals surface area (Å²) < 4.78 is 0. The first-order valence-corrected chi connectivity index (χ1v) is 4.13. The lowest BCUT2D eigenvalue weighted by Gasteiger charge is -1.80. The van der Waals surface area contributed by atoms with Crippen LogP contribution in [0.2, 0.25) is 0 Å². The molecular weight excluding hydrogens is 194 g/mol. The fourth-order valence-electron chi connectivity index (χ4n) is 0.549. The van der Waals surface area contributed by atoms with E-state index in [4.69, 9.17) is 15.2 Å². The molecule has 1 aromatic rings. The van der Waals surface area contributed by atoms with Crippen molar-refractivity contribution in [2.24, 2.45) is 0 Å². The van der Waals surface area contributed by atoms with Crippen molar-refractivity contribution in [2.45, 2.75) is 6.92 Å². The largest absolute Gasteiger partial charge is 0.477 e. The van der Waals surface area contributed by atoms with Gasteiger partial charge < -0.3 is 5.11 Å². The highest BCUT2D eigenvalue weighted by atomic mass is 32.1. The van der Waals surface area contributed by atoms with Crippen LogP contribution in [0.5, 0.6) is 0 Å². The minimum atomic E-state index is -0.840. The van der Waals surface area contributed by atoms with Gasteiger partial charge in [0.15, 0.2) is 7.05 Å². The summed E-state index contributed by atoms with van der Waals surface area (Å²) in [4.78, 5) is 20.0. The molecule has 0 unspecified atom stereocenters. The van der Waals surface area contributed by atoms with Gasteiger partial charge in [-0.25, -0.2) is 4.79 Å². The second-order valence-corrected chi connectivity index (χ2v) is 3.44. The summed E-state index contributed by atoms with van der Waals surface area (Å²) in [6.45, 7) is 1.89. The number of carbonyl (C=O) groups is 1. The topological polar surface area (TPSA) is 80.4 Å². The van der Waals surface area contributed by atoms with Crippen LogP contribution in [0, 0.1) is 17.0 Å². The van der Waals surface area contributed by atoms with Gasteiger partial charge in [-0.2, -0.15) is 0 Å². The molecular formula is C7H9NO4S. The zero-order chi connectivity index (χ0) is 10.4. The Bertz CT molecular complexity index is 303. The van der Waals surface area contributed by atoms with Crippen LogP contribution in [0.15, 0.2) is 12.1 Å². The van der Waals surface area contributed by atoms with Crippen molar-refractivity contribution in [1.29, 1.82) is 0 Å². The van der Waals surface area contributed by atoms with Gasteiger partial charge in [-0.05, 0) is 19.1 Å². The number of rotatable bonds is 1. The van der Waals surface area contributed by atoms with Gasteiger partial charge >= 0.3 is 5.97 Å². The van der Waals surface area contributed by atoms with Crippen LogP contribution in [-0.2, 0) is 0 Å². The predicted octanol–water partition coefficient (Wildman–Crippen LogP) is 1.65. The highest BCUT2D eigenvalue weighted by Crippen LogP contribution is 2.13. The molecule has 72 valence electrons. The van der Waals surface area contributed by atoms with E-state index in [9.17, 15) is 4.79 Å². The van der Waals surface area contributed by atoms with Gasteiger partial charge in [-0.15, -0.1) is 11.3 Å². The van der Waals surface area contributed by atoms with E-state index in [-0.39, 0.29) is 0 Å². The van der Waals surface area contributed by atoms with Crippen molar-refractivity contribution in [3.63, 3.8) is 0 Å². The van der Waals surface area contributed by atoms with Crippen molar-refractivity contribution in [3.8, 4) is 0 Å². The molecule has 0 saturated carbocycles. The van der Waals surface area contributed by atoms with E-state index in [1.54, 1.807) is 12.1 Å². The van der Waals surface area contributed by atoms with Crippen molar-refractivity contribution in [1.82, 2.24) is 0 Å². The first kappa shape index (κ1) is 11.6. The molecule has 0 saturated heterocycles. The van der Waals surface area contributed by atoms with Crippen LogP contribution in [0.4, 0.5) is 0 Å². The Morgan fingerprint density at radius 1 is 1.62 bits per heavy atom. The molecule has 0 fully saturated rings. The monoisotopic (exact) mass is 203 g/mol. The molecule has 0 spiro atoms. The quantitative estimate of drug-likeness (QED) is 0.555. The number of aryl methyl sites for hydroxylation is 1. The van der Waals surface area contributed by atoms with Crippen molar-refractivity contribution >= 4 is 17.3 Å². The van der Waals surface area contributed by atoms with Gasteiger partial charge in [0, 0.05) is 9.80 Å². The SMILES string of the molecule is C[N+](=O)[O-].Cc1ccc(C(=O)O)s1. The lowest BCUT2D eigenvalue weighted by molar-refractivity contribution is -0.445. The molecule has 1 heterocycles. The molecule has 0 atom stereocenters. The Morgan fingerprint density at radius 3 is 2.23 bits per heavy atom. The Balaban J connectivity index is 0.000000310. The lowest BCUT2D eigenvalue weighted by atomic mass is 10.4. The van der Waals surface area contributed by atoms with Crippen molar-refractivity contribution in [3.05, 3.63) is 32.0 Å². The Morgan fingerprint density at radius 2 is 2.08 bits per heavy atom. The Hall–Kier alpha value is -1.43. The second kappa shape index (κ2) is 5.26. The molecule has 0 aliphatic heterocycles. The minimum Gasteiger partial charge on any atom is -0.477 e. The van der Waals surface area contributed by atoms with Gasteiger partial charge in [0.2, 0.25) is 0 Å². The van der Waals surface area contributed by atoms with Crippen molar-refractivity contribution in [2.75, 3.05) is 7.05 Å². The van der Waals surface area contributed by atoms with Crippen LogP contribution in [0.1, 0.15) is 14.5 Å². The van der Waals surface area contributed by atoms with E-state index in [2.05, 4.69) is 0 Å². The van der Waals surface area contributed by atoms with Gasteiger partial charge in [0.05, 0.1) is 0 Å². The average molecular weight is 203 g/mol. The molecule has 0 aromatic carbocycles. The third kappa shape index (κ3) is 5.80. The fraction of sp³-hybridized carbons (Fsp3) is 0.286. The summed E-state index contributed by atoms with van der Waals surface area (Å²) >= 11 is 1.30. The standard InChI is InChI=1S/C6H6O2S.CH3NO2/c1-4-2-3-5(9-4)6(7)8;1-2(3)4/h2-3H,1H3,(H,7,8);1H3. The number of aromatic carboxylic acids is 1. The van der Waals surface area contributed by atoms with E-state index in [1.807, 2.05) is 6.92 Å².